The van der Waals surface area contributed by atoms with Gasteiger partial charge in [-0.2, -0.15) is 0 Å². The summed E-state index contributed by atoms with van der Waals surface area (Å²) >= 11 is 0. The van der Waals surface area contributed by atoms with E-state index in [-0.39, 0.29) is 18.3 Å². The second kappa shape index (κ2) is 19.6. The Balaban J connectivity index is 0.000000446. The van der Waals surface area contributed by atoms with E-state index in [1.54, 1.807) is 36.2 Å². The van der Waals surface area contributed by atoms with E-state index in [0.717, 1.165) is 23.4 Å². The summed E-state index contributed by atoms with van der Waals surface area (Å²) in [5.41, 5.74) is 2.18. The van der Waals surface area contributed by atoms with Crippen LogP contribution in [-0.2, 0) is 27.3 Å². The summed E-state index contributed by atoms with van der Waals surface area (Å²) in [7, 11) is 5.20. The first-order valence-corrected chi connectivity index (χ1v) is 13.3. The fraction of sp³-hybridized carbons (Fsp3) is 0.483. The van der Waals surface area contributed by atoms with Crippen LogP contribution in [0, 0.1) is 5.82 Å². The van der Waals surface area contributed by atoms with E-state index in [4.69, 9.17) is 4.74 Å². The molecule has 1 fully saturated rings. The van der Waals surface area contributed by atoms with Crippen LogP contribution in [0.2, 0.25) is 0 Å². The largest absolute Gasteiger partial charge is 0.497 e. The Labute approximate surface area is 232 Å². The smallest absolute Gasteiger partial charge is 0.226 e. The lowest BCUT2D eigenvalue weighted by Crippen LogP contribution is -2.60. The van der Waals surface area contributed by atoms with Crippen LogP contribution < -0.4 is 15.4 Å². The van der Waals surface area contributed by atoms with Crippen molar-refractivity contribution in [2.24, 2.45) is 0 Å². The van der Waals surface area contributed by atoms with Crippen molar-refractivity contribution in [1.82, 2.24) is 25.6 Å². The molecule has 2 aromatic carbocycles. The molecule has 0 bridgehead atoms. The van der Waals surface area contributed by atoms with Gasteiger partial charge in [0.15, 0.2) is 0 Å². The van der Waals surface area contributed by atoms with Crippen molar-refractivity contribution in [2.75, 3.05) is 40.8 Å². The third kappa shape index (κ3) is 12.7. The zero-order chi connectivity index (χ0) is 29.0. The van der Waals surface area contributed by atoms with Gasteiger partial charge in [0.25, 0.3) is 0 Å². The molecule has 216 valence electrons. The quantitative estimate of drug-likeness (QED) is 0.446. The minimum absolute atomic E-state index is 0.00334. The number of carbonyl (C=O) groups excluding carboxylic acids is 3. The fourth-order valence-corrected chi connectivity index (χ4v) is 3.60. The summed E-state index contributed by atoms with van der Waals surface area (Å²) in [6.45, 7) is 6.32. The summed E-state index contributed by atoms with van der Waals surface area (Å²) in [5, 5.41) is 8.64. The van der Waals surface area contributed by atoms with E-state index in [9.17, 15) is 18.8 Å². The van der Waals surface area contributed by atoms with Crippen LogP contribution in [0.1, 0.15) is 44.2 Å². The number of amides is 3. The predicted octanol–water partition coefficient (Wildman–Crippen LogP) is 3.20. The molecule has 1 atom stereocenters. The molecular formula is C29H44FN5O4. The third-order valence-electron chi connectivity index (χ3n) is 6.10. The first kappa shape index (κ1) is 33.5. The number of nitrogens with zero attached hydrogens (tertiary/aromatic N) is 3. The predicted molar refractivity (Wildman–Crippen MR) is 151 cm³/mol. The van der Waals surface area contributed by atoms with E-state index in [1.165, 1.54) is 30.0 Å². The number of methoxy groups -OCH3 is 1. The Kier molecular flexibility index (Phi) is 16.8. The van der Waals surface area contributed by atoms with Crippen molar-refractivity contribution in [3.63, 3.8) is 0 Å². The number of benzene rings is 2. The molecule has 10 heteroatoms. The highest BCUT2D eigenvalue weighted by Crippen LogP contribution is 2.14. The molecule has 9 nitrogen and oxygen atoms in total. The molecule has 0 aliphatic carbocycles. The lowest BCUT2D eigenvalue weighted by Gasteiger charge is -2.40. The van der Waals surface area contributed by atoms with E-state index in [1.807, 2.05) is 31.3 Å². The Morgan fingerprint density at radius 2 is 1.64 bits per heavy atom. The molecule has 2 aromatic rings. The molecule has 3 amide bonds. The van der Waals surface area contributed by atoms with E-state index >= 15 is 0 Å². The third-order valence-corrected chi connectivity index (χ3v) is 6.10. The van der Waals surface area contributed by atoms with Crippen LogP contribution >= 0.6 is 0 Å². The molecule has 39 heavy (non-hydrogen) atoms. The van der Waals surface area contributed by atoms with Gasteiger partial charge in [-0.15, -0.1) is 0 Å². The van der Waals surface area contributed by atoms with Gasteiger partial charge in [-0.05, 0) is 48.9 Å². The first-order chi connectivity index (χ1) is 18.8. The van der Waals surface area contributed by atoms with Gasteiger partial charge in [0.05, 0.1) is 13.7 Å². The van der Waals surface area contributed by atoms with Crippen LogP contribution in [0.4, 0.5) is 4.39 Å². The zero-order valence-electron chi connectivity index (χ0n) is 23.9. The number of carbonyl (C=O) groups is 3. The Morgan fingerprint density at radius 1 is 1.03 bits per heavy atom. The average Bonchev–Trinajstić information content (AvgIpc) is 2.95. The lowest BCUT2D eigenvalue weighted by atomic mass is 10.1. The van der Waals surface area contributed by atoms with Crippen molar-refractivity contribution in [3.8, 4) is 5.75 Å². The highest BCUT2D eigenvalue weighted by molar-refractivity contribution is 5.76. The highest BCUT2D eigenvalue weighted by Gasteiger charge is 2.28. The van der Waals surface area contributed by atoms with Gasteiger partial charge >= 0.3 is 0 Å². The molecule has 0 spiro atoms. The van der Waals surface area contributed by atoms with Crippen molar-refractivity contribution in [3.05, 3.63) is 65.5 Å². The van der Waals surface area contributed by atoms with Crippen molar-refractivity contribution in [1.29, 1.82) is 0 Å². The Morgan fingerprint density at radius 3 is 2.15 bits per heavy atom. The summed E-state index contributed by atoms with van der Waals surface area (Å²) in [6, 6.07) is 14.1. The zero-order valence-corrected chi connectivity index (χ0v) is 23.9. The fourth-order valence-electron chi connectivity index (χ4n) is 3.60. The van der Waals surface area contributed by atoms with E-state index in [2.05, 4.69) is 24.5 Å². The first-order valence-electron chi connectivity index (χ1n) is 13.3. The maximum absolute atomic E-state index is 12.4. The minimum Gasteiger partial charge on any atom is -0.497 e. The number of unbranched alkanes of at least 4 members (excludes halogenated alkanes) is 1. The number of ether oxygens (including phenoxy) is 1. The lowest BCUT2D eigenvalue weighted by molar-refractivity contribution is -0.152. The number of hydrogen-bond acceptors (Lipinski definition) is 6. The molecule has 0 aromatic heterocycles. The Bertz CT molecular complexity index is 957. The molecule has 0 saturated carbocycles. The molecule has 1 unspecified atom stereocenters. The summed E-state index contributed by atoms with van der Waals surface area (Å²) in [5.74, 6) is 0.606. The number of hydrogen-bond donors (Lipinski definition) is 2. The van der Waals surface area contributed by atoms with Crippen LogP contribution in [-0.4, -0.2) is 80.7 Å². The van der Waals surface area contributed by atoms with Gasteiger partial charge in [0.2, 0.25) is 18.7 Å². The van der Waals surface area contributed by atoms with Gasteiger partial charge in [-0.3, -0.25) is 19.4 Å². The summed E-state index contributed by atoms with van der Waals surface area (Å²) in [6.07, 6.45) is 4.26. The van der Waals surface area contributed by atoms with Gasteiger partial charge in [-0.1, -0.05) is 51.0 Å². The maximum Gasteiger partial charge on any atom is 0.226 e. The summed E-state index contributed by atoms with van der Waals surface area (Å²) in [4.78, 5) is 36.4. The second-order valence-corrected chi connectivity index (χ2v) is 9.01. The minimum atomic E-state index is -0.583. The highest BCUT2D eigenvalue weighted by atomic mass is 19.1. The second-order valence-electron chi connectivity index (χ2n) is 9.01. The van der Waals surface area contributed by atoms with Crippen LogP contribution in [0.5, 0.6) is 5.75 Å². The van der Waals surface area contributed by atoms with E-state index in [0.29, 0.717) is 38.8 Å². The molecule has 3 rings (SSSR count). The molecule has 1 heterocycles. The average molecular weight is 546 g/mol. The van der Waals surface area contributed by atoms with Gasteiger partial charge in [0, 0.05) is 33.1 Å². The SMILES string of the molecule is CCCC.CNCc1ccc(F)cc1.COc1ccc(CCN2CC(NC=O)N(C=O)N(C)CCC2=O)cc1. The normalized spacial score (nSPS) is 15.5. The molecular weight excluding hydrogens is 501 g/mol. The standard InChI is InChI=1S/C17H24N4O4.C8H10FN.C4H10/c1-19-9-8-17(24)20(11-16(18-12-22)21(19)13-23)10-7-14-3-5-15(25-2)6-4-14;1-10-6-7-2-4-8(9)5-3-7;1-3-4-2/h3-6,12-13,16H,7-11H2,1-2H3,(H,18,22);2-5,10H,6H2,1H3;3-4H2,1-2H3. The number of hydrazine groups is 1. The maximum atomic E-state index is 12.4. The van der Waals surface area contributed by atoms with Crippen molar-refractivity contribution < 1.29 is 23.5 Å². The van der Waals surface area contributed by atoms with Crippen molar-refractivity contribution in [2.45, 2.75) is 52.2 Å². The number of rotatable bonds is 10. The van der Waals surface area contributed by atoms with Gasteiger partial charge in [0.1, 0.15) is 17.7 Å². The van der Waals surface area contributed by atoms with Crippen LogP contribution in [0.3, 0.4) is 0 Å². The molecule has 1 aliphatic rings. The van der Waals surface area contributed by atoms with E-state index < -0.39 is 6.17 Å². The van der Waals surface area contributed by atoms with Gasteiger partial charge < -0.3 is 20.3 Å². The topological polar surface area (TPSA) is 94.2 Å². The molecule has 2 N–H and O–H groups in total. The monoisotopic (exact) mass is 545 g/mol. The Hall–Kier alpha value is -3.50. The van der Waals surface area contributed by atoms with Crippen LogP contribution in [0.25, 0.3) is 0 Å². The van der Waals surface area contributed by atoms with Crippen LogP contribution in [0.15, 0.2) is 48.5 Å². The molecule has 1 aliphatic heterocycles. The number of nitrogens with one attached hydrogen (secondary N) is 2. The molecule has 1 saturated heterocycles. The van der Waals surface area contributed by atoms with Crippen molar-refractivity contribution >= 4 is 18.7 Å². The molecule has 0 radical (unpaired) electrons. The van der Waals surface area contributed by atoms with Gasteiger partial charge in [-0.25, -0.2) is 9.40 Å². The number of halogens is 1. The summed E-state index contributed by atoms with van der Waals surface area (Å²) < 4.78 is 17.4.